The second kappa shape index (κ2) is 8.19. The van der Waals surface area contributed by atoms with Gasteiger partial charge in [0.15, 0.2) is 0 Å². The summed E-state index contributed by atoms with van der Waals surface area (Å²) in [6.07, 6.45) is 8.17. The Kier molecular flexibility index (Phi) is 6.57. The van der Waals surface area contributed by atoms with E-state index in [0.29, 0.717) is 6.04 Å². The fourth-order valence-corrected chi connectivity index (χ4v) is 3.72. The lowest BCUT2D eigenvalue weighted by Crippen LogP contribution is -2.31. The lowest BCUT2D eigenvalue weighted by atomic mass is 9.76. The highest BCUT2D eigenvalue weighted by molar-refractivity contribution is 9.10. The van der Waals surface area contributed by atoms with Gasteiger partial charge in [0.25, 0.3) is 0 Å². The number of halogens is 1. The van der Waals surface area contributed by atoms with Gasteiger partial charge in [-0.05, 0) is 55.3 Å². The zero-order valence-electron chi connectivity index (χ0n) is 12.9. The van der Waals surface area contributed by atoms with Gasteiger partial charge >= 0.3 is 0 Å². The number of benzene rings is 1. The van der Waals surface area contributed by atoms with E-state index in [1.165, 1.54) is 48.6 Å². The van der Waals surface area contributed by atoms with E-state index in [-0.39, 0.29) is 0 Å². The van der Waals surface area contributed by atoms with Crippen LogP contribution in [0.3, 0.4) is 0 Å². The summed E-state index contributed by atoms with van der Waals surface area (Å²) in [5, 5.41) is 3.79. The standard InChI is InChI=1S/C18H28BrN/c1-3-13-20-18(16-9-11-17(19)12-10-16)15-7-5-14(4-2)6-8-15/h9-12,14-15,18,20H,3-8,13H2,1-2H3. The van der Waals surface area contributed by atoms with Crippen LogP contribution >= 0.6 is 15.9 Å². The number of nitrogens with one attached hydrogen (secondary N) is 1. The van der Waals surface area contributed by atoms with Gasteiger partial charge in [0.1, 0.15) is 0 Å². The Morgan fingerprint density at radius 3 is 2.30 bits per heavy atom. The summed E-state index contributed by atoms with van der Waals surface area (Å²) in [5.74, 6) is 1.79. The van der Waals surface area contributed by atoms with E-state index in [1.54, 1.807) is 0 Å². The van der Waals surface area contributed by atoms with Crippen LogP contribution in [-0.4, -0.2) is 6.54 Å². The highest BCUT2D eigenvalue weighted by Crippen LogP contribution is 2.38. The molecule has 1 nitrogen and oxygen atoms in total. The first-order chi connectivity index (χ1) is 9.74. The molecule has 20 heavy (non-hydrogen) atoms. The summed E-state index contributed by atoms with van der Waals surface area (Å²) in [6.45, 7) is 5.71. The molecule has 0 spiro atoms. The third-order valence-electron chi connectivity index (χ3n) is 4.78. The van der Waals surface area contributed by atoms with E-state index in [9.17, 15) is 0 Å². The maximum atomic E-state index is 3.79. The van der Waals surface area contributed by atoms with Crippen molar-refractivity contribution in [1.82, 2.24) is 5.32 Å². The zero-order valence-corrected chi connectivity index (χ0v) is 14.5. The molecule has 0 saturated heterocycles. The minimum absolute atomic E-state index is 0.542. The van der Waals surface area contributed by atoms with Crippen molar-refractivity contribution in [3.05, 3.63) is 34.3 Å². The molecule has 1 fully saturated rings. The van der Waals surface area contributed by atoms with Crippen molar-refractivity contribution >= 4 is 15.9 Å². The van der Waals surface area contributed by atoms with E-state index >= 15 is 0 Å². The van der Waals surface area contributed by atoms with Crippen LogP contribution in [0.25, 0.3) is 0 Å². The first-order valence-electron chi connectivity index (χ1n) is 8.23. The van der Waals surface area contributed by atoms with Crippen LogP contribution in [0.4, 0.5) is 0 Å². The molecule has 1 aliphatic rings. The molecule has 0 radical (unpaired) electrons. The molecule has 112 valence electrons. The monoisotopic (exact) mass is 337 g/mol. The van der Waals surface area contributed by atoms with Crippen LogP contribution in [0.15, 0.2) is 28.7 Å². The quantitative estimate of drug-likeness (QED) is 0.701. The van der Waals surface area contributed by atoms with E-state index in [2.05, 4.69) is 59.4 Å². The molecule has 0 heterocycles. The molecule has 2 rings (SSSR count). The van der Waals surface area contributed by atoms with Gasteiger partial charge < -0.3 is 5.32 Å². The molecular weight excluding hydrogens is 310 g/mol. The van der Waals surface area contributed by atoms with Crippen LogP contribution in [0.1, 0.15) is 64.0 Å². The third-order valence-corrected chi connectivity index (χ3v) is 5.31. The minimum Gasteiger partial charge on any atom is -0.310 e. The van der Waals surface area contributed by atoms with Crippen molar-refractivity contribution in [2.75, 3.05) is 6.54 Å². The maximum absolute atomic E-state index is 3.79. The first kappa shape index (κ1) is 16.0. The Bertz CT molecular complexity index is 379. The lowest BCUT2D eigenvalue weighted by Gasteiger charge is -2.34. The summed E-state index contributed by atoms with van der Waals surface area (Å²) in [4.78, 5) is 0. The summed E-state index contributed by atoms with van der Waals surface area (Å²) in [6, 6.07) is 9.45. The predicted octanol–water partition coefficient (Wildman–Crippen LogP) is 5.71. The molecule has 1 aromatic carbocycles. The highest BCUT2D eigenvalue weighted by Gasteiger charge is 2.27. The molecule has 1 aromatic rings. The average molecular weight is 338 g/mol. The molecule has 0 bridgehead atoms. The fourth-order valence-electron chi connectivity index (χ4n) is 3.46. The summed E-state index contributed by atoms with van der Waals surface area (Å²) < 4.78 is 1.17. The van der Waals surface area contributed by atoms with Gasteiger partial charge in [-0.15, -0.1) is 0 Å². The van der Waals surface area contributed by atoms with Crippen LogP contribution in [0.5, 0.6) is 0 Å². The van der Waals surface area contributed by atoms with Crippen molar-refractivity contribution < 1.29 is 0 Å². The van der Waals surface area contributed by atoms with E-state index in [4.69, 9.17) is 0 Å². The van der Waals surface area contributed by atoms with Gasteiger partial charge in [-0.25, -0.2) is 0 Å². The van der Waals surface area contributed by atoms with Gasteiger partial charge in [0, 0.05) is 10.5 Å². The van der Waals surface area contributed by atoms with Crippen molar-refractivity contribution in [2.45, 2.75) is 58.4 Å². The van der Waals surface area contributed by atoms with E-state index in [1.807, 2.05) is 0 Å². The molecule has 1 aliphatic carbocycles. The van der Waals surface area contributed by atoms with Crippen LogP contribution in [0.2, 0.25) is 0 Å². The highest BCUT2D eigenvalue weighted by atomic mass is 79.9. The average Bonchev–Trinajstić information content (AvgIpc) is 2.50. The van der Waals surface area contributed by atoms with Crippen LogP contribution in [0, 0.1) is 11.8 Å². The molecular formula is C18H28BrN. The van der Waals surface area contributed by atoms with Crippen LogP contribution < -0.4 is 5.32 Å². The molecule has 1 atom stereocenters. The topological polar surface area (TPSA) is 12.0 Å². The molecule has 0 aromatic heterocycles. The van der Waals surface area contributed by atoms with Gasteiger partial charge in [0.2, 0.25) is 0 Å². The third kappa shape index (κ3) is 4.33. The van der Waals surface area contributed by atoms with Crippen molar-refractivity contribution in [2.24, 2.45) is 11.8 Å². The molecule has 1 unspecified atom stereocenters. The number of rotatable bonds is 6. The normalized spacial score (nSPS) is 24.6. The molecule has 0 amide bonds. The van der Waals surface area contributed by atoms with Gasteiger partial charge in [0.05, 0.1) is 0 Å². The van der Waals surface area contributed by atoms with Gasteiger partial charge in [-0.2, -0.15) is 0 Å². The van der Waals surface area contributed by atoms with Crippen molar-refractivity contribution in [3.8, 4) is 0 Å². The minimum atomic E-state index is 0.542. The summed E-state index contributed by atoms with van der Waals surface area (Å²) in [7, 11) is 0. The molecule has 1 saturated carbocycles. The molecule has 0 aliphatic heterocycles. The lowest BCUT2D eigenvalue weighted by molar-refractivity contribution is 0.219. The Labute approximate surface area is 132 Å². The second-order valence-electron chi connectivity index (χ2n) is 6.17. The fraction of sp³-hybridized carbons (Fsp3) is 0.667. The summed E-state index contributed by atoms with van der Waals surface area (Å²) in [5.41, 5.74) is 1.46. The largest absolute Gasteiger partial charge is 0.310 e. The molecule has 2 heteroatoms. The van der Waals surface area contributed by atoms with Gasteiger partial charge in [-0.3, -0.25) is 0 Å². The predicted molar refractivity (Wildman–Crippen MR) is 90.9 cm³/mol. The first-order valence-corrected chi connectivity index (χ1v) is 9.02. The van der Waals surface area contributed by atoms with Crippen LogP contribution in [-0.2, 0) is 0 Å². The Morgan fingerprint density at radius 1 is 1.10 bits per heavy atom. The molecule has 1 N–H and O–H groups in total. The van der Waals surface area contributed by atoms with E-state index < -0.39 is 0 Å². The van der Waals surface area contributed by atoms with Crippen molar-refractivity contribution in [1.29, 1.82) is 0 Å². The zero-order chi connectivity index (χ0) is 14.4. The number of hydrogen-bond acceptors (Lipinski definition) is 1. The smallest absolute Gasteiger partial charge is 0.0348 e. The SMILES string of the molecule is CCCNC(c1ccc(Br)cc1)C1CCC(CC)CC1. The Balaban J connectivity index is 2.05. The Morgan fingerprint density at radius 2 is 1.75 bits per heavy atom. The maximum Gasteiger partial charge on any atom is 0.0348 e. The summed E-state index contributed by atoms with van der Waals surface area (Å²) >= 11 is 3.54. The van der Waals surface area contributed by atoms with E-state index in [0.717, 1.165) is 18.4 Å². The second-order valence-corrected chi connectivity index (χ2v) is 7.09. The van der Waals surface area contributed by atoms with Crippen molar-refractivity contribution in [3.63, 3.8) is 0 Å². The van der Waals surface area contributed by atoms with Gasteiger partial charge in [-0.1, -0.05) is 61.2 Å². The Hall–Kier alpha value is -0.340. The number of hydrogen-bond donors (Lipinski definition) is 1.